The zero-order valence-electron chi connectivity index (χ0n) is 9.55. The summed E-state index contributed by atoms with van der Waals surface area (Å²) in [6.45, 7) is 3.05. The van der Waals surface area contributed by atoms with Crippen LogP contribution in [0, 0.1) is 0 Å². The van der Waals surface area contributed by atoms with Gasteiger partial charge in [-0.25, -0.2) is 4.79 Å². The molecule has 2 rings (SSSR count). The molecule has 0 unspecified atom stereocenters. The van der Waals surface area contributed by atoms with Crippen LogP contribution in [0.2, 0.25) is 0 Å². The Morgan fingerprint density at radius 3 is 2.67 bits per heavy atom. The number of carboxylic acids is 1. The van der Waals surface area contributed by atoms with Gasteiger partial charge in [-0.1, -0.05) is 24.8 Å². The first-order valence-corrected chi connectivity index (χ1v) is 5.34. The van der Waals surface area contributed by atoms with Crippen LogP contribution in [-0.4, -0.2) is 34.3 Å². The molecule has 5 heteroatoms. The van der Waals surface area contributed by atoms with Crippen LogP contribution in [0.15, 0.2) is 36.4 Å². The van der Waals surface area contributed by atoms with Gasteiger partial charge in [-0.15, -0.1) is 0 Å². The van der Waals surface area contributed by atoms with E-state index in [4.69, 9.17) is 5.11 Å². The van der Waals surface area contributed by atoms with Gasteiger partial charge in [-0.2, -0.15) is 0 Å². The Bertz CT molecular complexity index is 562. The summed E-state index contributed by atoms with van der Waals surface area (Å²) < 4.78 is 0. The molecule has 1 heterocycles. The Balaban J connectivity index is 2.30. The number of hydrogen-bond acceptors (Lipinski definition) is 3. The van der Waals surface area contributed by atoms with E-state index in [9.17, 15) is 14.4 Å². The van der Waals surface area contributed by atoms with Crippen LogP contribution in [0.25, 0.3) is 0 Å². The van der Waals surface area contributed by atoms with Crippen LogP contribution in [-0.2, 0) is 16.0 Å². The first-order chi connectivity index (χ1) is 8.50. The molecule has 1 aliphatic heterocycles. The third kappa shape index (κ3) is 2.02. The van der Waals surface area contributed by atoms with E-state index < -0.39 is 17.8 Å². The van der Waals surface area contributed by atoms with Gasteiger partial charge in [-0.3, -0.25) is 14.5 Å². The van der Waals surface area contributed by atoms with Gasteiger partial charge in [0.2, 0.25) is 5.91 Å². The summed E-state index contributed by atoms with van der Waals surface area (Å²) >= 11 is 0. The van der Waals surface area contributed by atoms with Crippen molar-refractivity contribution in [1.29, 1.82) is 0 Å². The fourth-order valence-electron chi connectivity index (χ4n) is 1.82. The highest BCUT2D eigenvalue weighted by Crippen LogP contribution is 2.20. The van der Waals surface area contributed by atoms with Crippen molar-refractivity contribution in [3.63, 3.8) is 0 Å². The maximum Gasteiger partial charge on any atom is 0.332 e. The van der Waals surface area contributed by atoms with Gasteiger partial charge in [0.15, 0.2) is 0 Å². The largest absolute Gasteiger partial charge is 0.478 e. The molecule has 0 bridgehead atoms. The molecule has 2 amide bonds. The highest BCUT2D eigenvalue weighted by molar-refractivity contribution is 6.10. The van der Waals surface area contributed by atoms with Crippen LogP contribution in [0.1, 0.15) is 15.9 Å². The zero-order valence-corrected chi connectivity index (χ0v) is 9.55. The monoisotopic (exact) mass is 245 g/mol. The number of carbonyl (C=O) groups excluding carboxylic acids is 2. The van der Waals surface area contributed by atoms with Gasteiger partial charge in [0, 0.05) is 11.1 Å². The van der Waals surface area contributed by atoms with Gasteiger partial charge >= 0.3 is 5.97 Å². The number of fused-ring (bicyclic) bond motifs is 1. The molecule has 5 nitrogen and oxygen atoms in total. The molecule has 0 spiro atoms. The highest BCUT2D eigenvalue weighted by Gasteiger charge is 2.31. The van der Waals surface area contributed by atoms with Crippen LogP contribution in [0.5, 0.6) is 0 Å². The van der Waals surface area contributed by atoms with E-state index >= 15 is 0 Å². The van der Waals surface area contributed by atoms with E-state index in [1.165, 1.54) is 0 Å². The topological polar surface area (TPSA) is 74.7 Å². The lowest BCUT2D eigenvalue weighted by Gasteiger charge is -2.26. The predicted molar refractivity (Wildman–Crippen MR) is 63.0 cm³/mol. The number of imide groups is 1. The zero-order chi connectivity index (χ0) is 13.3. The molecule has 0 saturated heterocycles. The number of aliphatic carboxylic acids is 1. The van der Waals surface area contributed by atoms with Crippen LogP contribution in [0.3, 0.4) is 0 Å². The van der Waals surface area contributed by atoms with E-state index in [1.54, 1.807) is 24.3 Å². The molecule has 92 valence electrons. The second-order valence-corrected chi connectivity index (χ2v) is 4.03. The van der Waals surface area contributed by atoms with E-state index in [0.717, 1.165) is 4.90 Å². The molecular weight excluding hydrogens is 234 g/mol. The summed E-state index contributed by atoms with van der Waals surface area (Å²) in [5, 5.41) is 8.73. The fourth-order valence-corrected chi connectivity index (χ4v) is 1.82. The Morgan fingerprint density at radius 2 is 2.00 bits per heavy atom. The quantitative estimate of drug-likeness (QED) is 0.633. The van der Waals surface area contributed by atoms with Crippen molar-refractivity contribution >= 4 is 17.8 Å². The Labute approximate surface area is 103 Å². The number of carboxylic acid groups (broad SMARTS) is 1. The summed E-state index contributed by atoms with van der Waals surface area (Å²) in [6.07, 6.45) is 0.106. The van der Waals surface area contributed by atoms with E-state index in [0.29, 0.717) is 11.1 Å². The number of amides is 2. The standard InChI is InChI=1S/C13H11NO4/c1-8(13(17)18)7-14-11(15)6-9-4-2-3-5-10(9)12(14)16/h2-5H,1,6-7H2,(H,17,18). The minimum absolute atomic E-state index is 0.106. The summed E-state index contributed by atoms with van der Waals surface area (Å²) in [4.78, 5) is 35.5. The third-order valence-corrected chi connectivity index (χ3v) is 2.79. The Hall–Kier alpha value is -2.43. The van der Waals surface area contributed by atoms with Crippen molar-refractivity contribution in [3.8, 4) is 0 Å². The van der Waals surface area contributed by atoms with Crippen molar-refractivity contribution in [2.45, 2.75) is 6.42 Å². The van der Waals surface area contributed by atoms with E-state index in [2.05, 4.69) is 6.58 Å². The summed E-state index contributed by atoms with van der Waals surface area (Å²) in [6, 6.07) is 6.80. The molecule has 1 N–H and O–H groups in total. The second-order valence-electron chi connectivity index (χ2n) is 4.03. The van der Waals surface area contributed by atoms with Crippen molar-refractivity contribution in [1.82, 2.24) is 4.90 Å². The summed E-state index contributed by atoms with van der Waals surface area (Å²) in [5.74, 6) is -2.08. The van der Waals surface area contributed by atoms with Gasteiger partial charge in [0.1, 0.15) is 0 Å². The van der Waals surface area contributed by atoms with Gasteiger partial charge in [0.25, 0.3) is 5.91 Å². The van der Waals surface area contributed by atoms with Crippen molar-refractivity contribution in [2.24, 2.45) is 0 Å². The molecule has 1 aliphatic rings. The molecule has 0 atom stereocenters. The highest BCUT2D eigenvalue weighted by atomic mass is 16.4. The maximum atomic E-state index is 12.1. The first-order valence-electron chi connectivity index (χ1n) is 5.34. The minimum Gasteiger partial charge on any atom is -0.478 e. The number of rotatable bonds is 3. The molecule has 1 aromatic carbocycles. The number of nitrogens with zero attached hydrogens (tertiary/aromatic N) is 1. The number of carbonyl (C=O) groups is 3. The minimum atomic E-state index is -1.21. The molecule has 1 aromatic rings. The summed E-state index contributed by atoms with van der Waals surface area (Å²) in [5.41, 5.74) is 0.927. The van der Waals surface area contributed by atoms with Crippen molar-refractivity contribution in [2.75, 3.05) is 6.54 Å². The molecule has 18 heavy (non-hydrogen) atoms. The lowest BCUT2D eigenvalue weighted by Crippen LogP contribution is -2.43. The summed E-state index contributed by atoms with van der Waals surface area (Å²) in [7, 11) is 0. The van der Waals surface area contributed by atoms with Crippen molar-refractivity contribution in [3.05, 3.63) is 47.5 Å². The third-order valence-electron chi connectivity index (χ3n) is 2.79. The first kappa shape index (κ1) is 12.0. The molecule has 0 saturated carbocycles. The van der Waals surface area contributed by atoms with Crippen LogP contribution < -0.4 is 0 Å². The average molecular weight is 245 g/mol. The van der Waals surface area contributed by atoms with Gasteiger partial charge in [-0.05, 0) is 11.6 Å². The van der Waals surface area contributed by atoms with Crippen LogP contribution in [0.4, 0.5) is 0 Å². The normalized spacial score (nSPS) is 14.3. The van der Waals surface area contributed by atoms with Crippen LogP contribution >= 0.6 is 0 Å². The molecule has 0 aromatic heterocycles. The number of hydrogen-bond donors (Lipinski definition) is 1. The fraction of sp³-hybridized carbons (Fsp3) is 0.154. The predicted octanol–water partition coefficient (Wildman–Crippen LogP) is 0.852. The lowest BCUT2D eigenvalue weighted by atomic mass is 9.98. The Kier molecular flexibility index (Phi) is 2.97. The maximum absolute atomic E-state index is 12.1. The lowest BCUT2D eigenvalue weighted by molar-refractivity contribution is -0.133. The molecular formula is C13H11NO4. The van der Waals surface area contributed by atoms with E-state index in [-0.39, 0.29) is 18.5 Å². The number of benzene rings is 1. The average Bonchev–Trinajstić information content (AvgIpc) is 2.34. The second kappa shape index (κ2) is 4.44. The SMILES string of the molecule is C=C(CN1C(=O)Cc2ccccc2C1=O)C(=O)O. The smallest absolute Gasteiger partial charge is 0.332 e. The van der Waals surface area contributed by atoms with Gasteiger partial charge in [0.05, 0.1) is 13.0 Å². The Morgan fingerprint density at radius 1 is 1.33 bits per heavy atom. The molecule has 0 fully saturated rings. The van der Waals surface area contributed by atoms with Gasteiger partial charge < -0.3 is 5.11 Å². The molecule has 0 radical (unpaired) electrons. The van der Waals surface area contributed by atoms with E-state index in [1.807, 2.05) is 0 Å². The van der Waals surface area contributed by atoms with Crippen molar-refractivity contribution < 1.29 is 19.5 Å². The molecule has 0 aliphatic carbocycles.